The maximum absolute atomic E-state index is 10.5. The van der Waals surface area contributed by atoms with Crippen molar-refractivity contribution in [2.24, 2.45) is 9.98 Å². The summed E-state index contributed by atoms with van der Waals surface area (Å²) in [6.07, 6.45) is -0.137. The zero-order valence-corrected chi connectivity index (χ0v) is 7.35. The average molecular weight is 193 g/mol. The molecule has 0 aliphatic carbocycles. The minimum atomic E-state index is -0.806. The molecule has 60 valence electrons. The van der Waals surface area contributed by atoms with Crippen LogP contribution in [-0.4, -0.2) is 22.3 Å². The number of hydrogen-bond donors (Lipinski definition) is 0. The quantitative estimate of drug-likeness (QED) is 0.613. The van der Waals surface area contributed by atoms with Gasteiger partial charge in [-0.25, -0.2) is 4.99 Å². The van der Waals surface area contributed by atoms with Crippen LogP contribution in [0.5, 0.6) is 0 Å². The highest BCUT2D eigenvalue weighted by Gasteiger charge is 2.22. The number of hydrogen-bond acceptors (Lipinski definition) is 3. The van der Waals surface area contributed by atoms with E-state index in [9.17, 15) is 4.79 Å². The van der Waals surface area contributed by atoms with Gasteiger partial charge >= 0.3 is 0 Å². The summed E-state index contributed by atoms with van der Waals surface area (Å²) < 4.78 is 0. The Hall–Kier alpha value is -0.410. The third kappa shape index (κ3) is 1.79. The topological polar surface area (TPSA) is 41.8 Å². The van der Waals surface area contributed by atoms with Crippen LogP contribution in [0.15, 0.2) is 9.98 Å². The van der Waals surface area contributed by atoms with Gasteiger partial charge in [0, 0.05) is 0 Å². The molecule has 0 saturated carbocycles. The van der Waals surface area contributed by atoms with Crippen molar-refractivity contribution < 1.29 is 4.79 Å². The molecule has 0 aromatic carbocycles. The largest absolute Gasteiger partial charge is 0.277 e. The van der Waals surface area contributed by atoms with Gasteiger partial charge in [0.15, 0.2) is 0 Å². The third-order valence-electron chi connectivity index (χ3n) is 1.29. The molecule has 0 amide bonds. The maximum Gasteiger partial charge on any atom is 0.268 e. The molecule has 5 heteroatoms. The lowest BCUT2D eigenvalue weighted by molar-refractivity contribution is -0.112. The van der Waals surface area contributed by atoms with Crippen LogP contribution in [0, 0.1) is 0 Å². The third-order valence-corrected chi connectivity index (χ3v) is 1.80. The maximum atomic E-state index is 10.5. The Bertz CT molecular complexity index is 247. The second-order valence-electron chi connectivity index (χ2n) is 2.03. The Labute approximate surface area is 74.1 Å². The fourth-order valence-corrected chi connectivity index (χ4v) is 1.12. The monoisotopic (exact) mass is 192 g/mol. The van der Waals surface area contributed by atoms with Crippen molar-refractivity contribution in [3.05, 3.63) is 0 Å². The van der Waals surface area contributed by atoms with Crippen LogP contribution in [0.3, 0.4) is 0 Å². The van der Waals surface area contributed by atoms with Crippen LogP contribution in [0.4, 0.5) is 0 Å². The van der Waals surface area contributed by atoms with E-state index in [1.165, 1.54) is 0 Å². The molecule has 1 aliphatic rings. The number of rotatable bonds is 2. The highest BCUT2D eigenvalue weighted by Crippen LogP contribution is 2.12. The summed E-state index contributed by atoms with van der Waals surface area (Å²) in [7, 11) is 0. The Morgan fingerprint density at radius 2 is 2.27 bits per heavy atom. The van der Waals surface area contributed by atoms with Gasteiger partial charge in [0.1, 0.15) is 5.17 Å². The van der Waals surface area contributed by atoms with E-state index < -0.39 is 11.4 Å². The van der Waals surface area contributed by atoms with Gasteiger partial charge in [-0.15, -0.1) is 0 Å². The number of aliphatic imine (C=N–C) groups is 2. The number of carbonyl (C=O) groups is 1. The fourth-order valence-electron chi connectivity index (χ4n) is 0.750. The van der Waals surface area contributed by atoms with E-state index in [4.69, 9.17) is 23.2 Å². The SMILES string of the molecule is CCC1=NC(C(=O)Cl)N=C1Cl. The molecule has 0 radical (unpaired) electrons. The van der Waals surface area contributed by atoms with Crippen molar-refractivity contribution >= 4 is 39.3 Å². The molecule has 0 N–H and O–H groups in total. The van der Waals surface area contributed by atoms with E-state index >= 15 is 0 Å². The van der Waals surface area contributed by atoms with Crippen LogP contribution in [0.25, 0.3) is 0 Å². The number of nitrogens with zero attached hydrogens (tertiary/aromatic N) is 2. The van der Waals surface area contributed by atoms with Gasteiger partial charge in [0.2, 0.25) is 6.17 Å². The summed E-state index contributed by atoms with van der Waals surface area (Å²) in [4.78, 5) is 18.2. The summed E-state index contributed by atoms with van der Waals surface area (Å²) in [5.41, 5.74) is 0.644. The minimum Gasteiger partial charge on any atom is -0.277 e. The van der Waals surface area contributed by atoms with E-state index in [1.54, 1.807) is 0 Å². The molecule has 0 fully saturated rings. The average Bonchev–Trinajstić information content (AvgIpc) is 2.31. The molecule has 3 nitrogen and oxygen atoms in total. The summed E-state index contributed by atoms with van der Waals surface area (Å²) in [6.45, 7) is 1.89. The van der Waals surface area contributed by atoms with E-state index in [2.05, 4.69) is 9.98 Å². The van der Waals surface area contributed by atoms with Gasteiger partial charge < -0.3 is 0 Å². The highest BCUT2D eigenvalue weighted by atomic mass is 35.5. The molecule has 0 aromatic rings. The normalized spacial score (nSPS) is 23.0. The first-order chi connectivity index (χ1) is 5.15. The molecular formula is C6H6Cl2N2O. The molecule has 1 aliphatic heterocycles. The Kier molecular flexibility index (Phi) is 2.62. The first kappa shape index (κ1) is 8.68. The molecule has 1 unspecified atom stereocenters. The predicted octanol–water partition coefficient (Wildman–Crippen LogP) is 1.58. The zero-order valence-electron chi connectivity index (χ0n) is 5.84. The molecule has 0 saturated heterocycles. The van der Waals surface area contributed by atoms with Gasteiger partial charge in [0.25, 0.3) is 5.24 Å². The lowest BCUT2D eigenvalue weighted by atomic mass is 10.3. The van der Waals surface area contributed by atoms with Crippen molar-refractivity contribution in [2.45, 2.75) is 19.5 Å². The number of halogens is 2. The van der Waals surface area contributed by atoms with Gasteiger partial charge in [-0.05, 0) is 18.0 Å². The van der Waals surface area contributed by atoms with Crippen molar-refractivity contribution in [1.29, 1.82) is 0 Å². The Balaban J connectivity index is 2.81. The van der Waals surface area contributed by atoms with Gasteiger partial charge in [0.05, 0.1) is 5.71 Å². The molecular weight excluding hydrogens is 187 g/mol. The second kappa shape index (κ2) is 3.32. The summed E-state index contributed by atoms with van der Waals surface area (Å²) in [5.74, 6) is 0. The fraction of sp³-hybridized carbons (Fsp3) is 0.500. The molecule has 1 atom stereocenters. The van der Waals surface area contributed by atoms with Gasteiger partial charge in [-0.3, -0.25) is 9.79 Å². The summed E-state index contributed by atoms with van der Waals surface area (Å²) in [6, 6.07) is 0. The van der Waals surface area contributed by atoms with Crippen molar-refractivity contribution in [1.82, 2.24) is 0 Å². The molecule has 0 bridgehead atoms. The van der Waals surface area contributed by atoms with Gasteiger partial charge in [-0.2, -0.15) is 0 Å². The summed E-state index contributed by atoms with van der Waals surface area (Å²) >= 11 is 10.8. The molecule has 11 heavy (non-hydrogen) atoms. The molecule has 0 aromatic heterocycles. The molecule has 0 spiro atoms. The Morgan fingerprint density at radius 1 is 1.64 bits per heavy atom. The van der Waals surface area contributed by atoms with E-state index in [0.717, 1.165) is 0 Å². The second-order valence-corrected chi connectivity index (χ2v) is 2.76. The predicted molar refractivity (Wildman–Crippen MR) is 45.7 cm³/mol. The van der Waals surface area contributed by atoms with Crippen LogP contribution in [-0.2, 0) is 4.79 Å². The lowest BCUT2D eigenvalue weighted by Gasteiger charge is -1.91. The van der Waals surface area contributed by atoms with Crippen molar-refractivity contribution in [2.75, 3.05) is 0 Å². The van der Waals surface area contributed by atoms with Crippen molar-refractivity contribution in [3.63, 3.8) is 0 Å². The minimum absolute atomic E-state index is 0.298. The van der Waals surface area contributed by atoms with E-state index in [1.807, 2.05) is 6.92 Å². The zero-order chi connectivity index (χ0) is 8.43. The lowest BCUT2D eigenvalue weighted by Crippen LogP contribution is -2.06. The van der Waals surface area contributed by atoms with Crippen LogP contribution in [0.2, 0.25) is 0 Å². The van der Waals surface area contributed by atoms with Crippen LogP contribution in [0.1, 0.15) is 13.3 Å². The summed E-state index contributed by atoms with van der Waals surface area (Å²) in [5, 5.41) is -0.293. The van der Waals surface area contributed by atoms with Crippen LogP contribution >= 0.6 is 23.2 Å². The van der Waals surface area contributed by atoms with E-state index in [0.29, 0.717) is 17.3 Å². The first-order valence-corrected chi connectivity index (χ1v) is 3.90. The van der Waals surface area contributed by atoms with E-state index in [-0.39, 0.29) is 0 Å². The molecule has 1 rings (SSSR count). The number of carbonyl (C=O) groups excluding carboxylic acids is 1. The van der Waals surface area contributed by atoms with Crippen molar-refractivity contribution in [3.8, 4) is 0 Å². The smallest absolute Gasteiger partial charge is 0.268 e. The van der Waals surface area contributed by atoms with Gasteiger partial charge in [-0.1, -0.05) is 18.5 Å². The highest BCUT2D eigenvalue weighted by molar-refractivity contribution is 6.84. The Morgan fingerprint density at radius 3 is 2.55 bits per heavy atom. The van der Waals surface area contributed by atoms with Crippen LogP contribution < -0.4 is 0 Å². The molecule has 1 heterocycles. The first-order valence-electron chi connectivity index (χ1n) is 3.15. The standard InChI is InChI=1S/C6H6Cl2N2O/c1-2-3-4(7)10-6(9-3)5(8)11/h6H,2H2,1H3.